The summed E-state index contributed by atoms with van der Waals surface area (Å²) < 4.78 is 30.4. The zero-order valence-corrected chi connectivity index (χ0v) is 6.47. The molecule has 12 heavy (non-hydrogen) atoms. The lowest BCUT2D eigenvalue weighted by Gasteiger charge is -2.03. The van der Waals surface area contributed by atoms with Crippen LogP contribution in [0.1, 0.15) is 0 Å². The number of hydrogen-bond acceptors (Lipinski definition) is 2. The van der Waals surface area contributed by atoms with E-state index in [1.54, 1.807) is 0 Å². The minimum Gasteiger partial charge on any atom is -0.494 e. The van der Waals surface area contributed by atoms with E-state index >= 15 is 0 Å². The molecule has 0 N–H and O–H groups in total. The molecule has 0 unspecified atom stereocenters. The van der Waals surface area contributed by atoms with Crippen LogP contribution < -0.4 is 4.74 Å². The van der Waals surface area contributed by atoms with Crippen molar-refractivity contribution < 1.29 is 13.5 Å². The molecule has 2 nitrogen and oxygen atoms in total. The summed E-state index contributed by atoms with van der Waals surface area (Å²) >= 11 is 0. The summed E-state index contributed by atoms with van der Waals surface area (Å²) in [4.78, 5) is 3.20. The Morgan fingerprint density at radius 3 is 2.58 bits per heavy atom. The fourth-order valence-corrected chi connectivity index (χ4v) is 0.825. The molecule has 0 saturated carbocycles. The van der Waals surface area contributed by atoms with Gasteiger partial charge >= 0.3 is 0 Å². The lowest BCUT2D eigenvalue weighted by Crippen LogP contribution is -1.90. The van der Waals surface area contributed by atoms with Gasteiger partial charge in [-0.3, -0.25) is 4.99 Å². The highest BCUT2D eigenvalue weighted by atomic mass is 19.1. The first-order valence-electron chi connectivity index (χ1n) is 3.19. The SMILES string of the molecule is C=Nc1c(F)ccc(OC)c1F. The smallest absolute Gasteiger partial charge is 0.193 e. The summed E-state index contributed by atoms with van der Waals surface area (Å²) in [6, 6.07) is 2.27. The minimum absolute atomic E-state index is 0.0428. The van der Waals surface area contributed by atoms with Crippen molar-refractivity contribution in [2.75, 3.05) is 7.11 Å². The highest BCUT2D eigenvalue weighted by molar-refractivity contribution is 5.51. The minimum atomic E-state index is -0.826. The summed E-state index contributed by atoms with van der Waals surface area (Å²) in [6.45, 7) is 3.04. The topological polar surface area (TPSA) is 21.6 Å². The van der Waals surface area contributed by atoms with Gasteiger partial charge in [0.25, 0.3) is 0 Å². The number of aliphatic imine (C=N–C) groups is 1. The first-order chi connectivity index (χ1) is 5.70. The average molecular weight is 171 g/mol. The predicted molar refractivity (Wildman–Crippen MR) is 42.1 cm³/mol. The Balaban J connectivity index is 3.33. The zero-order valence-electron chi connectivity index (χ0n) is 6.47. The predicted octanol–water partition coefficient (Wildman–Crippen LogP) is 2.31. The Labute approximate surface area is 68.5 Å². The van der Waals surface area contributed by atoms with Crippen LogP contribution in [0.15, 0.2) is 17.1 Å². The molecule has 0 aromatic heterocycles. The molecule has 4 heteroatoms. The number of halogens is 2. The second-order valence-corrected chi connectivity index (χ2v) is 2.07. The first-order valence-corrected chi connectivity index (χ1v) is 3.19. The number of ether oxygens (including phenoxy) is 1. The Bertz CT molecular complexity index is 312. The van der Waals surface area contributed by atoms with Crippen molar-refractivity contribution in [3.05, 3.63) is 23.8 Å². The van der Waals surface area contributed by atoms with Crippen LogP contribution in [0, 0.1) is 11.6 Å². The maximum Gasteiger partial charge on any atom is 0.193 e. The van der Waals surface area contributed by atoms with E-state index in [1.807, 2.05) is 0 Å². The molecular formula is C8H7F2NO. The van der Waals surface area contributed by atoms with Crippen LogP contribution in [-0.2, 0) is 0 Å². The van der Waals surface area contributed by atoms with Gasteiger partial charge in [-0.2, -0.15) is 0 Å². The summed E-state index contributed by atoms with van der Waals surface area (Å²) in [5.74, 6) is -1.62. The lowest BCUT2D eigenvalue weighted by atomic mass is 10.3. The summed E-state index contributed by atoms with van der Waals surface area (Å²) in [5.41, 5.74) is -0.408. The van der Waals surface area contributed by atoms with Crippen LogP contribution in [0.5, 0.6) is 5.75 Å². The molecule has 0 bridgehead atoms. The van der Waals surface area contributed by atoms with Gasteiger partial charge in [-0.15, -0.1) is 0 Å². The molecule has 0 aliphatic rings. The van der Waals surface area contributed by atoms with Crippen molar-refractivity contribution in [3.63, 3.8) is 0 Å². The van der Waals surface area contributed by atoms with Gasteiger partial charge in [0.15, 0.2) is 17.4 Å². The molecule has 0 radical (unpaired) electrons. The van der Waals surface area contributed by atoms with E-state index in [0.29, 0.717) is 0 Å². The second kappa shape index (κ2) is 3.30. The van der Waals surface area contributed by atoms with Crippen LogP contribution in [0.3, 0.4) is 0 Å². The lowest BCUT2D eigenvalue weighted by molar-refractivity contribution is 0.385. The van der Waals surface area contributed by atoms with Gasteiger partial charge in [0.2, 0.25) is 0 Å². The maximum absolute atomic E-state index is 13.0. The third-order valence-electron chi connectivity index (χ3n) is 1.41. The van der Waals surface area contributed by atoms with Crippen molar-refractivity contribution >= 4 is 12.4 Å². The molecular weight excluding hydrogens is 164 g/mol. The van der Waals surface area contributed by atoms with Crippen molar-refractivity contribution in [1.29, 1.82) is 0 Å². The van der Waals surface area contributed by atoms with Crippen LogP contribution >= 0.6 is 0 Å². The van der Waals surface area contributed by atoms with Gasteiger partial charge in [-0.05, 0) is 18.9 Å². The fraction of sp³-hybridized carbons (Fsp3) is 0.125. The molecule has 0 amide bonds. The van der Waals surface area contributed by atoms with Gasteiger partial charge in [0.05, 0.1) is 7.11 Å². The average Bonchev–Trinajstić information content (AvgIpc) is 2.06. The Morgan fingerprint density at radius 1 is 1.42 bits per heavy atom. The summed E-state index contributed by atoms with van der Waals surface area (Å²) in [6.07, 6.45) is 0. The molecule has 0 aliphatic heterocycles. The fourth-order valence-electron chi connectivity index (χ4n) is 0.825. The van der Waals surface area contributed by atoms with Gasteiger partial charge in [0, 0.05) is 0 Å². The van der Waals surface area contributed by atoms with Crippen molar-refractivity contribution in [1.82, 2.24) is 0 Å². The van der Waals surface area contributed by atoms with Crippen LogP contribution in [-0.4, -0.2) is 13.8 Å². The summed E-state index contributed by atoms with van der Waals surface area (Å²) in [7, 11) is 1.29. The molecule has 1 rings (SSSR count). The maximum atomic E-state index is 13.0. The Kier molecular flexibility index (Phi) is 2.38. The number of rotatable bonds is 2. The Hall–Kier alpha value is -1.45. The third kappa shape index (κ3) is 1.28. The largest absolute Gasteiger partial charge is 0.494 e. The van der Waals surface area contributed by atoms with Gasteiger partial charge in [-0.25, -0.2) is 8.78 Å². The number of benzene rings is 1. The first kappa shape index (κ1) is 8.64. The summed E-state index contributed by atoms with van der Waals surface area (Å²) in [5, 5.41) is 0. The second-order valence-electron chi connectivity index (χ2n) is 2.07. The molecule has 0 fully saturated rings. The third-order valence-corrected chi connectivity index (χ3v) is 1.41. The molecule has 0 spiro atoms. The van der Waals surface area contributed by atoms with E-state index in [0.717, 1.165) is 6.07 Å². The van der Waals surface area contributed by atoms with Gasteiger partial charge in [-0.1, -0.05) is 0 Å². The van der Waals surface area contributed by atoms with Crippen LogP contribution in [0.2, 0.25) is 0 Å². The quantitative estimate of drug-likeness (QED) is 0.625. The number of nitrogens with zero attached hydrogens (tertiary/aromatic N) is 1. The normalized spacial score (nSPS) is 9.58. The molecule has 0 atom stereocenters. The molecule has 0 aliphatic carbocycles. The van der Waals surface area contributed by atoms with E-state index < -0.39 is 17.3 Å². The van der Waals surface area contributed by atoms with Gasteiger partial charge in [0.1, 0.15) is 5.69 Å². The van der Waals surface area contributed by atoms with E-state index in [9.17, 15) is 8.78 Å². The van der Waals surface area contributed by atoms with Crippen molar-refractivity contribution in [3.8, 4) is 5.75 Å². The van der Waals surface area contributed by atoms with Crippen molar-refractivity contribution in [2.45, 2.75) is 0 Å². The molecule has 0 heterocycles. The highest BCUT2D eigenvalue weighted by Gasteiger charge is 2.11. The standard InChI is InChI=1S/C8H7F2NO/c1-11-8-5(9)3-4-6(12-2)7(8)10/h3-4H,1H2,2H3. The van der Waals surface area contributed by atoms with Gasteiger partial charge < -0.3 is 4.74 Å². The van der Waals surface area contributed by atoms with E-state index in [4.69, 9.17) is 0 Å². The Morgan fingerprint density at radius 2 is 2.08 bits per heavy atom. The number of methoxy groups -OCH3 is 1. The van der Waals surface area contributed by atoms with E-state index in [2.05, 4.69) is 16.4 Å². The highest BCUT2D eigenvalue weighted by Crippen LogP contribution is 2.28. The van der Waals surface area contributed by atoms with E-state index in [-0.39, 0.29) is 5.75 Å². The zero-order chi connectivity index (χ0) is 9.14. The van der Waals surface area contributed by atoms with Crippen LogP contribution in [0.25, 0.3) is 0 Å². The monoisotopic (exact) mass is 171 g/mol. The van der Waals surface area contributed by atoms with Crippen LogP contribution in [0.4, 0.5) is 14.5 Å². The van der Waals surface area contributed by atoms with Crippen molar-refractivity contribution in [2.24, 2.45) is 4.99 Å². The molecule has 64 valence electrons. The molecule has 1 aromatic carbocycles. The molecule has 1 aromatic rings. The van der Waals surface area contributed by atoms with E-state index in [1.165, 1.54) is 13.2 Å². The number of hydrogen-bond donors (Lipinski definition) is 0. The molecule has 0 saturated heterocycles.